The monoisotopic (exact) mass is 471 g/mol. The van der Waals surface area contributed by atoms with E-state index in [2.05, 4.69) is 26.1 Å². The van der Waals surface area contributed by atoms with Gasteiger partial charge in [-0.05, 0) is 24.3 Å². The molecular formula is C22H22BrN3O4. The Balaban J connectivity index is 1.59. The van der Waals surface area contributed by atoms with Gasteiger partial charge in [0.2, 0.25) is 5.91 Å². The molecule has 0 bridgehead atoms. The lowest BCUT2D eigenvalue weighted by molar-refractivity contribution is -0.116. The number of carbonyl (C=O) groups is 2. The van der Waals surface area contributed by atoms with Crippen LogP contribution >= 0.6 is 15.9 Å². The van der Waals surface area contributed by atoms with Crippen LogP contribution in [0.3, 0.4) is 0 Å². The van der Waals surface area contributed by atoms with Crippen LogP contribution in [0.2, 0.25) is 0 Å². The number of rotatable bonds is 5. The van der Waals surface area contributed by atoms with Gasteiger partial charge >= 0.3 is 5.97 Å². The van der Waals surface area contributed by atoms with E-state index in [1.807, 2.05) is 42.5 Å². The molecule has 156 valence electrons. The maximum Gasteiger partial charge on any atom is 0.340 e. The third-order valence-electron chi connectivity index (χ3n) is 5.09. The summed E-state index contributed by atoms with van der Waals surface area (Å²) in [5, 5.41) is 3.78. The van der Waals surface area contributed by atoms with Crippen molar-refractivity contribution in [3.05, 3.63) is 58.7 Å². The lowest BCUT2D eigenvalue weighted by Gasteiger charge is -2.30. The molecule has 2 heterocycles. The molecule has 1 amide bonds. The molecule has 1 saturated heterocycles. The number of morpholine rings is 1. The number of anilines is 2. The minimum Gasteiger partial charge on any atom is -0.465 e. The van der Waals surface area contributed by atoms with Gasteiger partial charge in [-0.25, -0.2) is 4.79 Å². The molecule has 0 atom stereocenters. The average molecular weight is 472 g/mol. The van der Waals surface area contributed by atoms with Crippen molar-refractivity contribution in [3.63, 3.8) is 0 Å². The molecule has 0 radical (unpaired) electrons. The summed E-state index contributed by atoms with van der Waals surface area (Å²) in [4.78, 5) is 27.2. The first-order chi connectivity index (χ1) is 14.6. The van der Waals surface area contributed by atoms with Gasteiger partial charge in [0.15, 0.2) is 0 Å². The molecule has 2 aromatic carbocycles. The first kappa shape index (κ1) is 20.4. The molecule has 1 aromatic heterocycles. The number of ether oxygens (including phenoxy) is 2. The van der Waals surface area contributed by atoms with Gasteiger partial charge in [0.1, 0.15) is 6.54 Å². The van der Waals surface area contributed by atoms with Crippen molar-refractivity contribution in [2.45, 2.75) is 6.54 Å². The van der Waals surface area contributed by atoms with Gasteiger partial charge in [-0.3, -0.25) is 4.79 Å². The van der Waals surface area contributed by atoms with Crippen LogP contribution in [0.15, 0.2) is 53.1 Å². The fourth-order valence-electron chi connectivity index (χ4n) is 3.68. The van der Waals surface area contributed by atoms with E-state index < -0.39 is 5.97 Å². The maximum absolute atomic E-state index is 12.9. The third kappa shape index (κ3) is 4.20. The number of aromatic nitrogens is 1. The number of esters is 1. The Morgan fingerprint density at radius 3 is 2.70 bits per heavy atom. The quantitative estimate of drug-likeness (QED) is 0.574. The Morgan fingerprint density at radius 1 is 1.17 bits per heavy atom. The van der Waals surface area contributed by atoms with Gasteiger partial charge in [-0.15, -0.1) is 0 Å². The molecule has 1 aliphatic heterocycles. The van der Waals surface area contributed by atoms with Crippen LogP contribution < -0.4 is 10.2 Å². The molecule has 3 aromatic rings. The van der Waals surface area contributed by atoms with Crippen LogP contribution in [-0.4, -0.2) is 49.9 Å². The number of nitrogens with zero attached hydrogens (tertiary/aromatic N) is 2. The van der Waals surface area contributed by atoms with Crippen LogP contribution in [0.1, 0.15) is 10.4 Å². The highest BCUT2D eigenvalue weighted by Crippen LogP contribution is 2.30. The highest BCUT2D eigenvalue weighted by molar-refractivity contribution is 9.10. The number of hydrogen-bond acceptors (Lipinski definition) is 5. The number of nitrogens with one attached hydrogen (secondary N) is 1. The number of benzene rings is 2. The highest BCUT2D eigenvalue weighted by Gasteiger charge is 2.19. The van der Waals surface area contributed by atoms with E-state index in [4.69, 9.17) is 9.47 Å². The number of halogens is 1. The van der Waals surface area contributed by atoms with Crippen molar-refractivity contribution in [3.8, 4) is 0 Å². The van der Waals surface area contributed by atoms with Gasteiger partial charge < -0.3 is 24.3 Å². The highest BCUT2D eigenvalue weighted by atomic mass is 79.9. The van der Waals surface area contributed by atoms with Gasteiger partial charge in [-0.1, -0.05) is 34.1 Å². The SMILES string of the molecule is COC(=O)c1cn(CC(=O)Nc2cc(Br)ccc2N2CCOCC2)c2ccccc12. The molecule has 30 heavy (non-hydrogen) atoms. The number of fused-ring (bicyclic) bond motifs is 1. The molecule has 1 fully saturated rings. The molecule has 1 N–H and O–H groups in total. The Morgan fingerprint density at radius 2 is 1.93 bits per heavy atom. The van der Waals surface area contributed by atoms with Crippen LogP contribution in [0.4, 0.5) is 11.4 Å². The second kappa shape index (κ2) is 8.89. The Kier molecular flexibility index (Phi) is 6.06. The zero-order chi connectivity index (χ0) is 21.1. The van der Waals surface area contributed by atoms with Crippen molar-refractivity contribution in [1.82, 2.24) is 4.57 Å². The number of methoxy groups -OCH3 is 1. The van der Waals surface area contributed by atoms with Crippen molar-refractivity contribution in [2.75, 3.05) is 43.6 Å². The lowest BCUT2D eigenvalue weighted by atomic mass is 10.2. The van der Waals surface area contributed by atoms with Gasteiger partial charge in [-0.2, -0.15) is 0 Å². The molecule has 8 heteroatoms. The molecule has 7 nitrogen and oxygen atoms in total. The van der Waals surface area contributed by atoms with E-state index in [1.165, 1.54) is 7.11 Å². The minimum absolute atomic E-state index is 0.0760. The fourth-order valence-corrected chi connectivity index (χ4v) is 4.04. The molecule has 0 unspecified atom stereocenters. The molecule has 4 rings (SSSR count). The maximum atomic E-state index is 12.9. The van der Waals surface area contributed by atoms with E-state index in [0.717, 1.165) is 39.8 Å². The minimum atomic E-state index is -0.424. The summed E-state index contributed by atoms with van der Waals surface area (Å²) in [5.74, 6) is -0.605. The smallest absolute Gasteiger partial charge is 0.340 e. The van der Waals surface area contributed by atoms with E-state index in [0.29, 0.717) is 18.8 Å². The fraction of sp³-hybridized carbons (Fsp3) is 0.273. The van der Waals surface area contributed by atoms with Crippen molar-refractivity contribution in [2.24, 2.45) is 0 Å². The van der Waals surface area contributed by atoms with Gasteiger partial charge in [0.25, 0.3) is 0 Å². The van der Waals surface area contributed by atoms with Crippen molar-refractivity contribution in [1.29, 1.82) is 0 Å². The molecule has 0 spiro atoms. The van der Waals surface area contributed by atoms with E-state index in [9.17, 15) is 9.59 Å². The number of hydrogen-bond donors (Lipinski definition) is 1. The number of carbonyl (C=O) groups excluding carboxylic acids is 2. The predicted molar refractivity (Wildman–Crippen MR) is 119 cm³/mol. The standard InChI is InChI=1S/C22H22BrN3O4/c1-29-22(28)17-13-26(19-5-3-2-4-16(17)19)14-21(27)24-18-12-15(23)6-7-20(18)25-8-10-30-11-9-25/h2-7,12-13H,8-11,14H2,1H3,(H,24,27). The zero-order valence-corrected chi connectivity index (χ0v) is 18.1. The van der Waals surface area contributed by atoms with Crippen LogP contribution in [-0.2, 0) is 20.8 Å². The van der Waals surface area contributed by atoms with Crippen LogP contribution in [0.25, 0.3) is 10.9 Å². The summed E-state index contributed by atoms with van der Waals surface area (Å²) in [7, 11) is 1.35. The topological polar surface area (TPSA) is 72.8 Å². The summed E-state index contributed by atoms with van der Waals surface area (Å²) in [5.41, 5.74) is 2.94. The summed E-state index contributed by atoms with van der Waals surface area (Å²) >= 11 is 3.49. The van der Waals surface area contributed by atoms with Crippen LogP contribution in [0, 0.1) is 0 Å². The Labute approximate surface area is 182 Å². The largest absolute Gasteiger partial charge is 0.465 e. The van der Waals surface area contributed by atoms with Crippen molar-refractivity contribution < 1.29 is 19.1 Å². The van der Waals surface area contributed by atoms with Crippen LogP contribution in [0.5, 0.6) is 0 Å². The first-order valence-electron chi connectivity index (χ1n) is 9.65. The second-order valence-corrected chi connectivity index (χ2v) is 7.90. The van der Waals surface area contributed by atoms with Gasteiger partial charge in [0, 0.05) is 34.7 Å². The molecule has 0 saturated carbocycles. The van der Waals surface area contributed by atoms with E-state index in [-0.39, 0.29) is 12.5 Å². The molecular weight excluding hydrogens is 450 g/mol. The number of para-hydroxylation sites is 1. The van der Waals surface area contributed by atoms with E-state index >= 15 is 0 Å². The number of amides is 1. The van der Waals surface area contributed by atoms with E-state index in [1.54, 1.807) is 10.8 Å². The lowest BCUT2D eigenvalue weighted by Crippen LogP contribution is -2.36. The summed E-state index contributed by atoms with van der Waals surface area (Å²) < 4.78 is 13.0. The Bertz CT molecular complexity index is 1090. The predicted octanol–water partition coefficient (Wildman–Crippen LogP) is 3.67. The van der Waals surface area contributed by atoms with Crippen molar-refractivity contribution >= 4 is 50.1 Å². The van der Waals surface area contributed by atoms with Gasteiger partial charge in [0.05, 0.1) is 37.3 Å². The summed E-state index contributed by atoms with van der Waals surface area (Å²) in [6, 6.07) is 13.3. The summed E-state index contributed by atoms with van der Waals surface area (Å²) in [6.45, 7) is 2.95. The average Bonchev–Trinajstić information content (AvgIpc) is 3.12. The first-order valence-corrected chi connectivity index (χ1v) is 10.4. The third-order valence-corrected chi connectivity index (χ3v) is 5.59. The normalized spacial score (nSPS) is 14.0. The Hall–Kier alpha value is -2.84. The zero-order valence-electron chi connectivity index (χ0n) is 16.6. The summed E-state index contributed by atoms with van der Waals surface area (Å²) in [6.07, 6.45) is 1.67. The second-order valence-electron chi connectivity index (χ2n) is 6.99. The molecule has 0 aliphatic carbocycles. The molecule has 1 aliphatic rings.